The van der Waals surface area contributed by atoms with E-state index in [0.29, 0.717) is 0 Å². The van der Waals surface area contributed by atoms with Gasteiger partial charge in [-0.25, -0.2) is 4.98 Å². The lowest BCUT2D eigenvalue weighted by Gasteiger charge is -2.13. The summed E-state index contributed by atoms with van der Waals surface area (Å²) in [5.41, 5.74) is 5.63. The molecule has 3 heteroatoms. The maximum absolute atomic E-state index is 6.72. The molecule has 3 aromatic heterocycles. The number of hydrogen-bond acceptors (Lipinski definition) is 3. The second-order valence-electron chi connectivity index (χ2n) is 11.3. The second kappa shape index (κ2) is 8.37. The molecule has 0 unspecified atom stereocenters. The van der Waals surface area contributed by atoms with Gasteiger partial charge >= 0.3 is 0 Å². The predicted molar refractivity (Wildman–Crippen MR) is 180 cm³/mol. The minimum absolute atomic E-state index is 0.876. The Morgan fingerprint density at radius 3 is 2.07 bits per heavy atom. The molecule has 0 amide bonds. The van der Waals surface area contributed by atoms with Gasteiger partial charge in [0, 0.05) is 38.7 Å². The van der Waals surface area contributed by atoms with E-state index in [2.05, 4.69) is 126 Å². The highest BCUT2D eigenvalue weighted by molar-refractivity contribution is 6.36. The molecule has 198 valence electrons. The molecule has 0 fully saturated rings. The first-order chi connectivity index (χ1) is 21.3. The van der Waals surface area contributed by atoms with Gasteiger partial charge in [-0.1, -0.05) is 91.0 Å². The summed E-state index contributed by atoms with van der Waals surface area (Å²) in [6.45, 7) is 0. The summed E-state index contributed by atoms with van der Waals surface area (Å²) in [4.78, 5) is 9.75. The van der Waals surface area contributed by atoms with Crippen LogP contribution in [0.1, 0.15) is 0 Å². The Morgan fingerprint density at radius 1 is 0.442 bits per heavy atom. The molecule has 10 aromatic rings. The SMILES string of the molecule is c1ccc2c(c1)ccc1c3ccccc3c3c(ccc4c5cc(-c6ccc7ccc8cccnc8c7n6)ccc5oc43)c21. The number of nitrogens with zero attached hydrogens (tertiary/aromatic N) is 2. The fourth-order valence-corrected chi connectivity index (χ4v) is 7.08. The zero-order valence-corrected chi connectivity index (χ0v) is 23.0. The number of furan rings is 1. The zero-order chi connectivity index (χ0) is 28.1. The molecule has 0 bridgehead atoms. The smallest absolute Gasteiger partial charge is 0.143 e. The van der Waals surface area contributed by atoms with Gasteiger partial charge in [-0.2, -0.15) is 0 Å². The summed E-state index contributed by atoms with van der Waals surface area (Å²) in [6.07, 6.45) is 1.83. The second-order valence-corrected chi connectivity index (χ2v) is 11.3. The molecular weight excluding hydrogens is 524 g/mol. The van der Waals surface area contributed by atoms with Crippen LogP contribution in [-0.4, -0.2) is 9.97 Å². The van der Waals surface area contributed by atoms with Crippen LogP contribution in [0.4, 0.5) is 0 Å². The summed E-state index contributed by atoms with van der Waals surface area (Å²) in [5.74, 6) is 0. The third-order valence-electron chi connectivity index (χ3n) is 9.05. The van der Waals surface area contributed by atoms with Crippen LogP contribution in [0, 0.1) is 0 Å². The Hall–Kier alpha value is -5.80. The Bertz CT molecular complexity index is 2790. The first-order valence-electron chi connectivity index (χ1n) is 14.6. The molecule has 0 radical (unpaired) electrons. The summed E-state index contributed by atoms with van der Waals surface area (Å²) in [7, 11) is 0. The lowest BCUT2D eigenvalue weighted by molar-refractivity contribution is 0.673. The zero-order valence-electron chi connectivity index (χ0n) is 23.0. The number of hydrogen-bond donors (Lipinski definition) is 0. The average Bonchev–Trinajstić information content (AvgIpc) is 3.45. The highest BCUT2D eigenvalue weighted by Crippen LogP contribution is 2.44. The van der Waals surface area contributed by atoms with Crippen molar-refractivity contribution >= 4 is 86.8 Å². The third-order valence-corrected chi connectivity index (χ3v) is 9.05. The van der Waals surface area contributed by atoms with Crippen LogP contribution in [0.25, 0.3) is 98.1 Å². The van der Waals surface area contributed by atoms with Gasteiger partial charge < -0.3 is 4.42 Å². The molecule has 43 heavy (non-hydrogen) atoms. The first kappa shape index (κ1) is 22.8. The number of pyridine rings is 2. The highest BCUT2D eigenvalue weighted by Gasteiger charge is 2.18. The van der Waals surface area contributed by atoms with Crippen molar-refractivity contribution in [2.24, 2.45) is 0 Å². The largest absolute Gasteiger partial charge is 0.455 e. The van der Waals surface area contributed by atoms with E-state index in [0.717, 1.165) is 60.4 Å². The van der Waals surface area contributed by atoms with Gasteiger partial charge in [0.15, 0.2) is 0 Å². The van der Waals surface area contributed by atoms with Crippen LogP contribution in [-0.2, 0) is 0 Å². The van der Waals surface area contributed by atoms with Gasteiger partial charge in [0.1, 0.15) is 11.2 Å². The molecule has 10 rings (SSSR count). The van der Waals surface area contributed by atoms with Crippen molar-refractivity contribution in [3.05, 3.63) is 134 Å². The normalized spacial score (nSPS) is 12.2. The molecule has 0 spiro atoms. The fraction of sp³-hybridized carbons (Fsp3) is 0. The van der Waals surface area contributed by atoms with Crippen molar-refractivity contribution in [2.45, 2.75) is 0 Å². The number of aromatic nitrogens is 2. The van der Waals surface area contributed by atoms with Crippen molar-refractivity contribution in [1.82, 2.24) is 9.97 Å². The summed E-state index contributed by atoms with van der Waals surface area (Å²) >= 11 is 0. The molecule has 0 atom stereocenters. The van der Waals surface area contributed by atoms with E-state index >= 15 is 0 Å². The molecule has 3 nitrogen and oxygen atoms in total. The lowest BCUT2D eigenvalue weighted by atomic mass is 9.90. The standard InChI is InChI=1S/C40H22N2O/c1-2-8-27-23(6-1)13-16-30-28-9-3-4-10-29(28)37-32(36(27)30)18-17-31-33-22-26(15-20-35(33)43-40(31)37)34-19-14-25-12-11-24-7-5-21-41-38(24)39(25)42-34/h1-22H. The highest BCUT2D eigenvalue weighted by atomic mass is 16.3. The fourth-order valence-electron chi connectivity index (χ4n) is 7.08. The van der Waals surface area contributed by atoms with Crippen molar-refractivity contribution in [1.29, 1.82) is 0 Å². The van der Waals surface area contributed by atoms with Gasteiger partial charge in [-0.3, -0.25) is 4.98 Å². The minimum atomic E-state index is 0.876. The van der Waals surface area contributed by atoms with Gasteiger partial charge in [0.2, 0.25) is 0 Å². The molecule has 0 aliphatic carbocycles. The molecule has 0 N–H and O–H groups in total. The molecule has 3 heterocycles. The van der Waals surface area contributed by atoms with E-state index in [1.807, 2.05) is 12.3 Å². The molecule has 0 saturated heterocycles. The van der Waals surface area contributed by atoms with Crippen molar-refractivity contribution < 1.29 is 4.42 Å². The third kappa shape index (κ3) is 3.14. The predicted octanol–water partition coefficient (Wildman–Crippen LogP) is 11.0. The molecular formula is C40H22N2O. The topological polar surface area (TPSA) is 38.9 Å². The monoisotopic (exact) mass is 546 g/mol. The van der Waals surface area contributed by atoms with Crippen LogP contribution in [0.3, 0.4) is 0 Å². The quantitative estimate of drug-likeness (QED) is 0.192. The van der Waals surface area contributed by atoms with Gasteiger partial charge in [0.25, 0.3) is 0 Å². The Kier molecular flexibility index (Phi) is 4.45. The van der Waals surface area contributed by atoms with Crippen LogP contribution in [0.5, 0.6) is 0 Å². The van der Waals surface area contributed by atoms with Crippen LogP contribution < -0.4 is 0 Å². The maximum Gasteiger partial charge on any atom is 0.143 e. The first-order valence-corrected chi connectivity index (χ1v) is 14.6. The summed E-state index contributed by atoms with van der Waals surface area (Å²) in [5, 5.41) is 14.3. The van der Waals surface area contributed by atoms with Gasteiger partial charge in [0.05, 0.1) is 16.7 Å². The lowest BCUT2D eigenvalue weighted by Crippen LogP contribution is -1.88. The Labute approximate surface area is 245 Å². The Morgan fingerprint density at radius 2 is 1.14 bits per heavy atom. The number of rotatable bonds is 1. The summed E-state index contributed by atoms with van der Waals surface area (Å²) < 4.78 is 6.72. The van der Waals surface area contributed by atoms with Gasteiger partial charge in [-0.15, -0.1) is 0 Å². The molecule has 0 saturated carbocycles. The van der Waals surface area contributed by atoms with Crippen molar-refractivity contribution in [3.63, 3.8) is 0 Å². The average molecular weight is 547 g/mol. The van der Waals surface area contributed by atoms with E-state index in [1.165, 1.54) is 37.7 Å². The van der Waals surface area contributed by atoms with Crippen molar-refractivity contribution in [3.8, 4) is 11.3 Å². The number of benzene rings is 7. The van der Waals surface area contributed by atoms with E-state index in [4.69, 9.17) is 9.40 Å². The van der Waals surface area contributed by atoms with Crippen LogP contribution >= 0.6 is 0 Å². The van der Waals surface area contributed by atoms with E-state index in [-0.39, 0.29) is 0 Å². The maximum atomic E-state index is 6.72. The Balaban J connectivity index is 1.28. The van der Waals surface area contributed by atoms with E-state index < -0.39 is 0 Å². The van der Waals surface area contributed by atoms with Crippen LogP contribution in [0.2, 0.25) is 0 Å². The summed E-state index contributed by atoms with van der Waals surface area (Å²) in [6, 6.07) is 45.3. The minimum Gasteiger partial charge on any atom is -0.455 e. The molecule has 0 aliphatic rings. The van der Waals surface area contributed by atoms with E-state index in [1.54, 1.807) is 0 Å². The molecule has 7 aromatic carbocycles. The van der Waals surface area contributed by atoms with Gasteiger partial charge in [-0.05, 0) is 74.1 Å². The number of fused-ring (bicyclic) bond motifs is 15. The molecule has 0 aliphatic heterocycles. The van der Waals surface area contributed by atoms with Crippen LogP contribution in [0.15, 0.2) is 138 Å². The van der Waals surface area contributed by atoms with Crippen molar-refractivity contribution in [2.75, 3.05) is 0 Å². The van der Waals surface area contributed by atoms with E-state index in [9.17, 15) is 0 Å².